The summed E-state index contributed by atoms with van der Waals surface area (Å²) in [5, 5.41) is 0. The Bertz CT molecular complexity index is 580. The molecule has 0 N–H and O–H groups in total. The summed E-state index contributed by atoms with van der Waals surface area (Å²) in [7, 11) is -3.35. The van der Waals surface area contributed by atoms with Crippen LogP contribution in [0.2, 0.25) is 0 Å². The zero-order chi connectivity index (χ0) is 16.9. The van der Waals surface area contributed by atoms with Gasteiger partial charge in [0.2, 0.25) is 0 Å². The average Bonchev–Trinajstić information content (AvgIpc) is 2.55. The zero-order valence-corrected chi connectivity index (χ0v) is 16.2. The number of hydrogen-bond donors (Lipinski definition) is 0. The van der Waals surface area contributed by atoms with Crippen molar-refractivity contribution in [2.24, 2.45) is 0 Å². The Morgan fingerprint density at radius 3 is 2.22 bits per heavy atom. The number of pyridine rings is 1. The van der Waals surface area contributed by atoms with Crippen molar-refractivity contribution in [1.29, 1.82) is 0 Å². The van der Waals surface area contributed by atoms with E-state index in [0.717, 1.165) is 23.1 Å². The monoisotopic (exact) mass is 404 g/mol. The summed E-state index contributed by atoms with van der Waals surface area (Å²) < 4.78 is 29.7. The van der Waals surface area contributed by atoms with Gasteiger partial charge in [-0.05, 0) is 40.9 Å². The van der Waals surface area contributed by atoms with Gasteiger partial charge in [0.05, 0.1) is 0 Å². The lowest BCUT2D eigenvalue weighted by Crippen LogP contribution is -2.53. The van der Waals surface area contributed by atoms with Crippen LogP contribution in [0.1, 0.15) is 26.7 Å². The fourth-order valence-electron chi connectivity index (χ4n) is 2.71. The summed E-state index contributed by atoms with van der Waals surface area (Å²) in [6.45, 7) is 7.54. The van der Waals surface area contributed by atoms with E-state index in [1.165, 1.54) is 0 Å². The molecule has 1 aliphatic rings. The van der Waals surface area contributed by atoms with Gasteiger partial charge >= 0.3 is 0 Å². The quantitative estimate of drug-likeness (QED) is 0.699. The number of hydrogen-bond acceptors (Lipinski definition) is 4. The molecule has 6 nitrogen and oxygen atoms in total. The standard InChI is InChI=1S/C15H25BrN4O2S/c1-3-7-19(8-4-2)23(21,22)20-11-9-18(10-12-20)15-6-5-14(16)13-17-15/h5-6,13H,3-4,7-12H2,1-2H3. The Morgan fingerprint density at radius 2 is 1.74 bits per heavy atom. The zero-order valence-electron chi connectivity index (χ0n) is 13.8. The fourth-order valence-corrected chi connectivity index (χ4v) is 4.72. The van der Waals surface area contributed by atoms with Crippen LogP contribution in [0.5, 0.6) is 0 Å². The summed E-state index contributed by atoms with van der Waals surface area (Å²) in [6, 6.07) is 3.91. The summed E-state index contributed by atoms with van der Waals surface area (Å²) >= 11 is 3.38. The lowest BCUT2D eigenvalue weighted by molar-refractivity contribution is 0.322. The van der Waals surface area contributed by atoms with Crippen molar-refractivity contribution in [3.05, 3.63) is 22.8 Å². The number of anilines is 1. The molecular weight excluding hydrogens is 380 g/mol. The number of piperazine rings is 1. The third kappa shape index (κ3) is 4.65. The maximum absolute atomic E-state index is 12.8. The van der Waals surface area contributed by atoms with Crippen LogP contribution in [0.25, 0.3) is 0 Å². The lowest BCUT2D eigenvalue weighted by atomic mass is 10.3. The minimum Gasteiger partial charge on any atom is -0.354 e. The smallest absolute Gasteiger partial charge is 0.282 e. The Kier molecular flexibility index (Phi) is 6.82. The largest absolute Gasteiger partial charge is 0.354 e. The molecule has 1 fully saturated rings. The predicted octanol–water partition coefficient (Wildman–Crippen LogP) is 2.33. The third-order valence-corrected chi connectivity index (χ3v) is 6.38. The summed E-state index contributed by atoms with van der Waals surface area (Å²) in [4.78, 5) is 6.51. The van der Waals surface area contributed by atoms with Crippen LogP contribution in [-0.4, -0.2) is 61.3 Å². The SMILES string of the molecule is CCCN(CCC)S(=O)(=O)N1CCN(c2ccc(Br)cn2)CC1. The van der Waals surface area contributed by atoms with Crippen molar-refractivity contribution >= 4 is 32.0 Å². The minimum atomic E-state index is -3.35. The van der Waals surface area contributed by atoms with Crippen molar-refractivity contribution in [2.45, 2.75) is 26.7 Å². The van der Waals surface area contributed by atoms with Gasteiger partial charge in [-0.15, -0.1) is 0 Å². The van der Waals surface area contributed by atoms with Crippen LogP contribution in [0, 0.1) is 0 Å². The molecule has 0 unspecified atom stereocenters. The van der Waals surface area contributed by atoms with E-state index < -0.39 is 10.2 Å². The van der Waals surface area contributed by atoms with Crippen LogP contribution < -0.4 is 4.90 Å². The fraction of sp³-hybridized carbons (Fsp3) is 0.667. The first-order valence-electron chi connectivity index (χ1n) is 8.10. The first kappa shape index (κ1) is 18.6. The average molecular weight is 405 g/mol. The summed E-state index contributed by atoms with van der Waals surface area (Å²) in [5.41, 5.74) is 0. The molecule has 0 atom stereocenters. The van der Waals surface area contributed by atoms with E-state index in [-0.39, 0.29) is 0 Å². The third-order valence-electron chi connectivity index (χ3n) is 3.87. The highest BCUT2D eigenvalue weighted by Gasteiger charge is 2.31. The van der Waals surface area contributed by atoms with Crippen molar-refractivity contribution < 1.29 is 8.42 Å². The van der Waals surface area contributed by atoms with Crippen LogP contribution in [0.3, 0.4) is 0 Å². The molecule has 8 heteroatoms. The molecule has 2 rings (SSSR count). The number of halogens is 1. The van der Waals surface area contributed by atoms with Crippen LogP contribution >= 0.6 is 15.9 Å². The van der Waals surface area contributed by atoms with Gasteiger partial charge in [-0.25, -0.2) is 4.98 Å². The van der Waals surface area contributed by atoms with Gasteiger partial charge in [0.15, 0.2) is 0 Å². The molecule has 0 saturated carbocycles. The maximum Gasteiger partial charge on any atom is 0.282 e. The Labute approximate surface area is 147 Å². The number of nitrogens with zero attached hydrogens (tertiary/aromatic N) is 4. The molecule has 0 amide bonds. The molecule has 0 spiro atoms. The summed E-state index contributed by atoms with van der Waals surface area (Å²) in [5.74, 6) is 0.893. The van der Waals surface area contributed by atoms with Crippen molar-refractivity contribution in [3.63, 3.8) is 0 Å². The van der Waals surface area contributed by atoms with Gasteiger partial charge in [0, 0.05) is 49.9 Å². The van der Waals surface area contributed by atoms with Gasteiger partial charge in [-0.3, -0.25) is 0 Å². The number of rotatable bonds is 7. The molecule has 1 aromatic rings. The molecule has 0 aromatic carbocycles. The Morgan fingerprint density at radius 1 is 1.13 bits per heavy atom. The van der Waals surface area contributed by atoms with Gasteiger partial charge in [-0.2, -0.15) is 17.0 Å². The van der Waals surface area contributed by atoms with Crippen molar-refractivity contribution in [1.82, 2.24) is 13.6 Å². The van der Waals surface area contributed by atoms with Gasteiger partial charge in [0.1, 0.15) is 5.82 Å². The molecule has 1 saturated heterocycles. The molecule has 23 heavy (non-hydrogen) atoms. The van der Waals surface area contributed by atoms with Gasteiger partial charge < -0.3 is 4.90 Å². The first-order valence-corrected chi connectivity index (χ1v) is 10.3. The highest BCUT2D eigenvalue weighted by atomic mass is 79.9. The van der Waals surface area contributed by atoms with E-state index in [9.17, 15) is 8.42 Å². The summed E-state index contributed by atoms with van der Waals surface area (Å²) in [6.07, 6.45) is 3.44. The van der Waals surface area contributed by atoms with Gasteiger partial charge in [0.25, 0.3) is 10.2 Å². The Balaban J connectivity index is 2.00. The highest BCUT2D eigenvalue weighted by Crippen LogP contribution is 2.19. The van der Waals surface area contributed by atoms with E-state index in [0.29, 0.717) is 39.3 Å². The van der Waals surface area contributed by atoms with E-state index in [1.54, 1.807) is 14.8 Å². The van der Waals surface area contributed by atoms with E-state index >= 15 is 0 Å². The van der Waals surface area contributed by atoms with Crippen LogP contribution in [0.15, 0.2) is 22.8 Å². The topological polar surface area (TPSA) is 56.8 Å². The molecule has 0 radical (unpaired) electrons. The molecule has 0 bridgehead atoms. The molecule has 2 heterocycles. The number of aromatic nitrogens is 1. The van der Waals surface area contributed by atoms with Gasteiger partial charge in [-0.1, -0.05) is 13.8 Å². The lowest BCUT2D eigenvalue weighted by Gasteiger charge is -2.37. The normalized spacial score (nSPS) is 17.0. The molecule has 130 valence electrons. The van der Waals surface area contributed by atoms with E-state index in [2.05, 4.69) is 25.8 Å². The molecule has 1 aromatic heterocycles. The van der Waals surface area contributed by atoms with Crippen LogP contribution in [-0.2, 0) is 10.2 Å². The second kappa shape index (κ2) is 8.41. The Hall–Kier alpha value is -0.700. The minimum absolute atomic E-state index is 0.504. The van der Waals surface area contributed by atoms with E-state index in [4.69, 9.17) is 0 Å². The predicted molar refractivity (Wildman–Crippen MR) is 96.8 cm³/mol. The maximum atomic E-state index is 12.8. The molecule has 0 aliphatic carbocycles. The second-order valence-electron chi connectivity index (χ2n) is 5.63. The second-order valence-corrected chi connectivity index (χ2v) is 8.47. The van der Waals surface area contributed by atoms with Crippen molar-refractivity contribution in [3.8, 4) is 0 Å². The van der Waals surface area contributed by atoms with Crippen molar-refractivity contribution in [2.75, 3.05) is 44.2 Å². The van der Waals surface area contributed by atoms with E-state index in [1.807, 2.05) is 26.0 Å². The van der Waals surface area contributed by atoms with Crippen LogP contribution in [0.4, 0.5) is 5.82 Å². The molecular formula is C15H25BrN4O2S. The highest BCUT2D eigenvalue weighted by molar-refractivity contribution is 9.10. The molecule has 1 aliphatic heterocycles. The first-order chi connectivity index (χ1) is 11.0.